The van der Waals surface area contributed by atoms with Gasteiger partial charge in [-0.05, 0) is 13.0 Å². The fraction of sp³-hybridized carbons (Fsp3) is 0.556. The van der Waals surface area contributed by atoms with E-state index >= 15 is 0 Å². The van der Waals surface area contributed by atoms with Gasteiger partial charge in [0.05, 0.1) is 13.2 Å². The molecule has 1 aliphatic heterocycles. The van der Waals surface area contributed by atoms with Crippen molar-refractivity contribution in [1.29, 1.82) is 0 Å². The molecule has 7 heteroatoms. The van der Waals surface area contributed by atoms with Crippen LogP contribution in [-0.4, -0.2) is 38.5 Å². The van der Waals surface area contributed by atoms with Gasteiger partial charge in [-0.25, -0.2) is 8.42 Å². The SMILES string of the molecule is C[C@@H]1COCCN1S(=O)(=O)c1cc(N)cs1. The van der Waals surface area contributed by atoms with Crippen LogP contribution >= 0.6 is 11.3 Å². The zero-order chi connectivity index (χ0) is 11.8. The summed E-state index contributed by atoms with van der Waals surface area (Å²) in [4.78, 5) is 0. The first-order chi connectivity index (χ1) is 7.51. The van der Waals surface area contributed by atoms with E-state index in [4.69, 9.17) is 10.5 Å². The molecule has 1 fully saturated rings. The van der Waals surface area contributed by atoms with E-state index in [1.54, 1.807) is 5.38 Å². The Labute approximate surface area is 98.9 Å². The van der Waals surface area contributed by atoms with Gasteiger partial charge in [0.2, 0.25) is 0 Å². The largest absolute Gasteiger partial charge is 0.398 e. The van der Waals surface area contributed by atoms with Crippen molar-refractivity contribution in [2.45, 2.75) is 17.2 Å². The van der Waals surface area contributed by atoms with Gasteiger partial charge in [-0.2, -0.15) is 4.31 Å². The van der Waals surface area contributed by atoms with E-state index in [1.165, 1.54) is 10.4 Å². The first-order valence-corrected chi connectivity index (χ1v) is 7.27. The van der Waals surface area contributed by atoms with Gasteiger partial charge in [-0.15, -0.1) is 11.3 Å². The molecule has 5 nitrogen and oxygen atoms in total. The van der Waals surface area contributed by atoms with Crippen molar-refractivity contribution in [3.63, 3.8) is 0 Å². The number of thiophene rings is 1. The van der Waals surface area contributed by atoms with E-state index in [9.17, 15) is 8.42 Å². The standard InChI is InChI=1S/C9H14N2O3S2/c1-7-5-14-3-2-11(7)16(12,13)9-4-8(10)6-15-9/h4,6-7H,2-3,5,10H2,1H3/t7-/m1/s1. The van der Waals surface area contributed by atoms with E-state index in [1.807, 2.05) is 6.92 Å². The Morgan fingerprint density at radius 3 is 2.94 bits per heavy atom. The Morgan fingerprint density at radius 1 is 1.62 bits per heavy atom. The third kappa shape index (κ3) is 2.08. The van der Waals surface area contributed by atoms with Gasteiger partial charge < -0.3 is 10.5 Å². The molecule has 0 unspecified atom stereocenters. The molecular weight excluding hydrogens is 248 g/mol. The Kier molecular flexibility index (Phi) is 3.20. The first-order valence-electron chi connectivity index (χ1n) is 4.95. The number of ether oxygens (including phenoxy) is 1. The Morgan fingerprint density at radius 2 is 2.38 bits per heavy atom. The number of hydrogen-bond acceptors (Lipinski definition) is 5. The van der Waals surface area contributed by atoms with Crippen molar-refractivity contribution in [2.24, 2.45) is 0 Å². The van der Waals surface area contributed by atoms with E-state index in [0.717, 1.165) is 11.3 Å². The monoisotopic (exact) mass is 262 g/mol. The van der Waals surface area contributed by atoms with Crippen LogP contribution in [0.5, 0.6) is 0 Å². The zero-order valence-electron chi connectivity index (χ0n) is 8.92. The summed E-state index contributed by atoms with van der Waals surface area (Å²) in [6, 6.07) is 1.38. The van der Waals surface area contributed by atoms with Gasteiger partial charge in [-0.1, -0.05) is 0 Å². The Balaban J connectivity index is 2.31. The van der Waals surface area contributed by atoms with E-state index in [0.29, 0.717) is 29.7 Å². The van der Waals surface area contributed by atoms with E-state index in [-0.39, 0.29) is 6.04 Å². The van der Waals surface area contributed by atoms with Crippen molar-refractivity contribution in [3.8, 4) is 0 Å². The maximum Gasteiger partial charge on any atom is 0.253 e. The average Bonchev–Trinajstić information content (AvgIpc) is 2.66. The maximum atomic E-state index is 12.2. The second kappa shape index (κ2) is 4.33. The molecular formula is C9H14N2O3S2. The minimum absolute atomic E-state index is 0.123. The Hall–Kier alpha value is -0.630. The highest BCUT2D eigenvalue weighted by Crippen LogP contribution is 2.27. The van der Waals surface area contributed by atoms with Crippen molar-refractivity contribution >= 4 is 27.0 Å². The van der Waals surface area contributed by atoms with Crippen LogP contribution in [0, 0.1) is 0 Å². The van der Waals surface area contributed by atoms with Crippen molar-refractivity contribution < 1.29 is 13.2 Å². The zero-order valence-corrected chi connectivity index (χ0v) is 10.6. The lowest BCUT2D eigenvalue weighted by Crippen LogP contribution is -2.46. The molecule has 1 aromatic rings. The number of nitrogen functional groups attached to an aromatic ring is 1. The molecule has 16 heavy (non-hydrogen) atoms. The molecule has 90 valence electrons. The number of nitrogens with zero attached hydrogens (tertiary/aromatic N) is 1. The summed E-state index contributed by atoms with van der Waals surface area (Å²) in [5.41, 5.74) is 6.03. The highest BCUT2D eigenvalue weighted by molar-refractivity contribution is 7.91. The fourth-order valence-electron chi connectivity index (χ4n) is 1.65. The molecule has 2 N–H and O–H groups in total. The van der Waals surface area contributed by atoms with Crippen LogP contribution in [0.3, 0.4) is 0 Å². The number of nitrogens with two attached hydrogens (primary N) is 1. The van der Waals surface area contributed by atoms with Crippen molar-refractivity contribution in [3.05, 3.63) is 11.4 Å². The van der Waals surface area contributed by atoms with Gasteiger partial charge >= 0.3 is 0 Å². The quantitative estimate of drug-likeness (QED) is 0.853. The first kappa shape index (κ1) is 11.8. The molecule has 0 aliphatic carbocycles. The van der Waals surface area contributed by atoms with Crippen molar-refractivity contribution in [2.75, 3.05) is 25.5 Å². The molecule has 0 saturated carbocycles. The van der Waals surface area contributed by atoms with Crippen LogP contribution in [0.25, 0.3) is 0 Å². The molecule has 0 bridgehead atoms. The molecule has 1 aromatic heterocycles. The van der Waals surface area contributed by atoms with Gasteiger partial charge in [0.15, 0.2) is 0 Å². The highest BCUT2D eigenvalue weighted by atomic mass is 32.2. The average molecular weight is 262 g/mol. The molecule has 1 saturated heterocycles. The number of rotatable bonds is 2. The summed E-state index contributed by atoms with van der Waals surface area (Å²) in [7, 11) is -3.40. The number of anilines is 1. The molecule has 1 aliphatic rings. The van der Waals surface area contributed by atoms with Crippen LogP contribution in [0.4, 0.5) is 5.69 Å². The smallest absolute Gasteiger partial charge is 0.253 e. The summed E-state index contributed by atoms with van der Waals surface area (Å²) < 4.78 is 31.5. The third-order valence-corrected chi connectivity index (χ3v) is 5.91. The predicted octanol–water partition coefficient (Wildman–Crippen LogP) is 0.740. The van der Waals surface area contributed by atoms with Gasteiger partial charge in [-0.3, -0.25) is 0 Å². The summed E-state index contributed by atoms with van der Waals surface area (Å²) >= 11 is 1.16. The van der Waals surface area contributed by atoms with Crippen LogP contribution < -0.4 is 5.73 Å². The molecule has 2 heterocycles. The summed E-state index contributed by atoms with van der Waals surface area (Å²) in [5, 5.41) is 1.64. The lowest BCUT2D eigenvalue weighted by atomic mass is 10.3. The fourth-order valence-corrected chi connectivity index (χ4v) is 4.46. The second-order valence-electron chi connectivity index (χ2n) is 3.74. The third-order valence-electron chi connectivity index (χ3n) is 2.47. The minimum Gasteiger partial charge on any atom is -0.398 e. The van der Waals surface area contributed by atoms with Gasteiger partial charge in [0.1, 0.15) is 4.21 Å². The van der Waals surface area contributed by atoms with Crippen LogP contribution in [-0.2, 0) is 14.8 Å². The van der Waals surface area contributed by atoms with Gasteiger partial charge in [0, 0.05) is 23.7 Å². The summed E-state index contributed by atoms with van der Waals surface area (Å²) in [6.07, 6.45) is 0. The molecule has 1 atom stereocenters. The topological polar surface area (TPSA) is 72.6 Å². The second-order valence-corrected chi connectivity index (χ2v) is 6.77. The van der Waals surface area contributed by atoms with Gasteiger partial charge in [0.25, 0.3) is 10.0 Å². The molecule has 0 radical (unpaired) electrons. The predicted molar refractivity (Wildman–Crippen MR) is 62.9 cm³/mol. The molecule has 0 amide bonds. The molecule has 2 rings (SSSR count). The lowest BCUT2D eigenvalue weighted by molar-refractivity contribution is 0.0393. The maximum absolute atomic E-state index is 12.2. The summed E-state index contributed by atoms with van der Waals surface area (Å²) in [6.45, 7) is 3.14. The minimum atomic E-state index is -3.40. The number of sulfonamides is 1. The van der Waals surface area contributed by atoms with E-state index < -0.39 is 10.0 Å². The van der Waals surface area contributed by atoms with Crippen LogP contribution in [0.15, 0.2) is 15.7 Å². The summed E-state index contributed by atoms with van der Waals surface area (Å²) in [5.74, 6) is 0. The Bertz CT molecular complexity index is 469. The normalized spacial score (nSPS) is 23.4. The van der Waals surface area contributed by atoms with E-state index in [2.05, 4.69) is 0 Å². The van der Waals surface area contributed by atoms with Crippen molar-refractivity contribution in [1.82, 2.24) is 4.31 Å². The lowest BCUT2D eigenvalue weighted by Gasteiger charge is -2.31. The molecule has 0 aromatic carbocycles. The van der Waals surface area contributed by atoms with Crippen LogP contribution in [0.1, 0.15) is 6.92 Å². The molecule has 0 spiro atoms. The highest BCUT2D eigenvalue weighted by Gasteiger charge is 2.32. The van der Waals surface area contributed by atoms with Crippen LogP contribution in [0.2, 0.25) is 0 Å². The number of hydrogen-bond donors (Lipinski definition) is 1. The number of morpholine rings is 1.